The predicted molar refractivity (Wildman–Crippen MR) is 88.2 cm³/mol. The number of ether oxygens (including phenoxy) is 1. The van der Waals surface area contributed by atoms with Gasteiger partial charge in [-0.1, -0.05) is 18.2 Å². The summed E-state index contributed by atoms with van der Waals surface area (Å²) in [5.74, 6) is 0.308. The van der Waals surface area contributed by atoms with E-state index in [-0.39, 0.29) is 18.0 Å². The van der Waals surface area contributed by atoms with Crippen LogP contribution in [-0.2, 0) is 6.54 Å². The molecule has 24 heavy (non-hydrogen) atoms. The van der Waals surface area contributed by atoms with E-state index in [1.54, 1.807) is 17.0 Å². The zero-order valence-electron chi connectivity index (χ0n) is 13.5. The molecule has 0 spiro atoms. The molecule has 1 N–H and O–H groups in total. The van der Waals surface area contributed by atoms with Crippen LogP contribution >= 0.6 is 0 Å². The summed E-state index contributed by atoms with van der Waals surface area (Å²) in [7, 11) is 0. The highest BCUT2D eigenvalue weighted by Crippen LogP contribution is 2.17. The summed E-state index contributed by atoms with van der Waals surface area (Å²) in [6.07, 6.45) is 0.732. The van der Waals surface area contributed by atoms with Crippen LogP contribution in [0.15, 0.2) is 42.5 Å². The smallest absolute Gasteiger partial charge is 0.317 e. The predicted octanol–water partition coefficient (Wildman–Crippen LogP) is 2.89. The number of nitrogens with zero attached hydrogens (tertiary/aromatic N) is 2. The van der Waals surface area contributed by atoms with Gasteiger partial charge in [0.1, 0.15) is 11.9 Å². The Morgan fingerprint density at radius 1 is 1.33 bits per heavy atom. The van der Waals surface area contributed by atoms with E-state index in [2.05, 4.69) is 10.3 Å². The monoisotopic (exact) mass is 329 g/mol. The average Bonchev–Trinajstić information content (AvgIpc) is 3.03. The van der Waals surface area contributed by atoms with Gasteiger partial charge in [0.05, 0.1) is 6.54 Å². The maximum Gasteiger partial charge on any atom is 0.317 e. The van der Waals surface area contributed by atoms with Crippen molar-refractivity contribution in [2.75, 3.05) is 13.1 Å². The normalized spacial score (nSPS) is 16.9. The summed E-state index contributed by atoms with van der Waals surface area (Å²) in [6, 6.07) is 11.6. The van der Waals surface area contributed by atoms with Crippen LogP contribution in [0.2, 0.25) is 0 Å². The Bertz CT molecular complexity index is 706. The summed E-state index contributed by atoms with van der Waals surface area (Å²) in [5, 5.41) is 2.85. The van der Waals surface area contributed by atoms with E-state index >= 15 is 0 Å². The van der Waals surface area contributed by atoms with Crippen LogP contribution in [0.5, 0.6) is 5.88 Å². The molecular weight excluding hydrogens is 309 g/mol. The molecule has 0 aliphatic carbocycles. The van der Waals surface area contributed by atoms with E-state index in [0.717, 1.165) is 17.7 Å². The number of benzene rings is 1. The lowest BCUT2D eigenvalue weighted by molar-refractivity contribution is 0.183. The lowest BCUT2D eigenvalue weighted by Crippen LogP contribution is -2.39. The molecule has 0 unspecified atom stereocenters. The molecule has 2 amide bonds. The molecule has 1 saturated heterocycles. The number of rotatable bonds is 4. The second-order valence-corrected chi connectivity index (χ2v) is 5.88. The van der Waals surface area contributed by atoms with Gasteiger partial charge >= 0.3 is 6.03 Å². The summed E-state index contributed by atoms with van der Waals surface area (Å²) in [5.41, 5.74) is 1.76. The molecule has 1 atom stereocenters. The summed E-state index contributed by atoms with van der Waals surface area (Å²) >= 11 is 0. The number of halogens is 1. The highest BCUT2D eigenvalue weighted by molar-refractivity contribution is 5.74. The summed E-state index contributed by atoms with van der Waals surface area (Å²) in [4.78, 5) is 18.3. The Morgan fingerprint density at radius 3 is 2.88 bits per heavy atom. The van der Waals surface area contributed by atoms with Gasteiger partial charge in [0.25, 0.3) is 0 Å². The third kappa shape index (κ3) is 4.22. The van der Waals surface area contributed by atoms with Crippen LogP contribution in [0.4, 0.5) is 9.18 Å². The van der Waals surface area contributed by atoms with Crippen LogP contribution < -0.4 is 10.1 Å². The van der Waals surface area contributed by atoms with Crippen molar-refractivity contribution >= 4 is 6.03 Å². The van der Waals surface area contributed by atoms with Crippen molar-refractivity contribution in [1.82, 2.24) is 15.2 Å². The number of nitrogens with one attached hydrogen (secondary N) is 1. The molecule has 126 valence electrons. The Labute approximate surface area is 140 Å². The Hall–Kier alpha value is -2.63. The van der Waals surface area contributed by atoms with Gasteiger partial charge in [0.15, 0.2) is 0 Å². The molecule has 0 bridgehead atoms. The van der Waals surface area contributed by atoms with E-state index in [4.69, 9.17) is 4.74 Å². The molecule has 1 aromatic heterocycles. The van der Waals surface area contributed by atoms with Crippen LogP contribution in [0.25, 0.3) is 0 Å². The fourth-order valence-electron chi connectivity index (χ4n) is 2.66. The molecule has 0 radical (unpaired) electrons. The molecule has 2 heterocycles. The number of carbonyl (C=O) groups excluding carboxylic acids is 1. The second kappa shape index (κ2) is 7.29. The fourth-order valence-corrected chi connectivity index (χ4v) is 2.66. The van der Waals surface area contributed by atoms with Crippen molar-refractivity contribution in [3.8, 4) is 5.88 Å². The van der Waals surface area contributed by atoms with Crippen LogP contribution in [0.3, 0.4) is 0 Å². The first-order valence-electron chi connectivity index (χ1n) is 7.98. The van der Waals surface area contributed by atoms with E-state index < -0.39 is 0 Å². The number of amides is 2. The quantitative estimate of drug-likeness (QED) is 0.938. The van der Waals surface area contributed by atoms with Gasteiger partial charge in [-0.05, 0) is 30.7 Å². The number of hydrogen-bond acceptors (Lipinski definition) is 3. The van der Waals surface area contributed by atoms with Crippen molar-refractivity contribution in [2.45, 2.75) is 26.0 Å². The molecule has 0 saturated carbocycles. The Kier molecular flexibility index (Phi) is 4.93. The molecule has 6 heteroatoms. The number of hydrogen-bond donors (Lipinski definition) is 1. The van der Waals surface area contributed by atoms with Crippen LogP contribution in [0, 0.1) is 12.7 Å². The van der Waals surface area contributed by atoms with Gasteiger partial charge in [0.2, 0.25) is 5.88 Å². The Morgan fingerprint density at radius 2 is 2.12 bits per heavy atom. The number of pyridine rings is 1. The van der Waals surface area contributed by atoms with Crippen LogP contribution in [0.1, 0.15) is 17.7 Å². The van der Waals surface area contributed by atoms with Gasteiger partial charge in [-0.2, -0.15) is 0 Å². The lowest BCUT2D eigenvalue weighted by atomic mass is 10.2. The highest BCUT2D eigenvalue weighted by Gasteiger charge is 2.27. The number of carbonyl (C=O) groups is 1. The summed E-state index contributed by atoms with van der Waals surface area (Å²) < 4.78 is 18.7. The molecule has 1 aliphatic rings. The third-order valence-electron chi connectivity index (χ3n) is 3.94. The van der Waals surface area contributed by atoms with Gasteiger partial charge < -0.3 is 15.0 Å². The zero-order valence-corrected chi connectivity index (χ0v) is 13.5. The van der Waals surface area contributed by atoms with Gasteiger partial charge in [-0.15, -0.1) is 0 Å². The maximum atomic E-state index is 12.9. The molecule has 5 nitrogen and oxygen atoms in total. The minimum absolute atomic E-state index is 0.0455. The molecule has 1 aliphatic heterocycles. The molecule has 3 rings (SSSR count). The highest BCUT2D eigenvalue weighted by atomic mass is 19.1. The molecule has 2 aromatic rings. The topological polar surface area (TPSA) is 54.5 Å². The SMILES string of the molecule is Cc1cccc(O[C@@H]2CCN(C(=O)NCc3ccc(F)cc3)C2)n1. The van der Waals surface area contributed by atoms with E-state index in [1.807, 2.05) is 25.1 Å². The van der Waals surface area contributed by atoms with Crippen LogP contribution in [-0.4, -0.2) is 35.1 Å². The maximum absolute atomic E-state index is 12.9. The van der Waals surface area contributed by atoms with Gasteiger partial charge in [0, 0.05) is 31.3 Å². The zero-order chi connectivity index (χ0) is 16.9. The summed E-state index contributed by atoms with van der Waals surface area (Å²) in [6.45, 7) is 3.47. The number of aromatic nitrogens is 1. The number of aryl methyl sites for hydroxylation is 1. The Balaban J connectivity index is 1.48. The molecule has 1 fully saturated rings. The third-order valence-corrected chi connectivity index (χ3v) is 3.94. The standard InChI is InChI=1S/C18H20FN3O2/c1-13-3-2-4-17(21-13)24-16-9-10-22(12-16)18(23)20-11-14-5-7-15(19)8-6-14/h2-8,16H,9-12H2,1H3,(H,20,23)/t16-/m1/s1. The molecule has 1 aromatic carbocycles. The first kappa shape index (κ1) is 16.2. The largest absolute Gasteiger partial charge is 0.472 e. The van der Waals surface area contributed by atoms with E-state index in [9.17, 15) is 9.18 Å². The van der Waals surface area contributed by atoms with Crippen molar-refractivity contribution in [1.29, 1.82) is 0 Å². The van der Waals surface area contributed by atoms with E-state index in [1.165, 1.54) is 12.1 Å². The van der Waals surface area contributed by atoms with Crippen molar-refractivity contribution in [3.05, 3.63) is 59.5 Å². The molecular formula is C18H20FN3O2. The first-order valence-corrected chi connectivity index (χ1v) is 7.98. The van der Waals surface area contributed by atoms with Gasteiger partial charge in [-0.3, -0.25) is 0 Å². The fraction of sp³-hybridized carbons (Fsp3) is 0.333. The number of urea groups is 1. The van der Waals surface area contributed by atoms with Crippen molar-refractivity contribution in [2.24, 2.45) is 0 Å². The average molecular weight is 329 g/mol. The minimum atomic E-state index is -0.283. The van der Waals surface area contributed by atoms with Gasteiger partial charge in [-0.25, -0.2) is 14.2 Å². The first-order chi connectivity index (χ1) is 11.6. The number of likely N-dealkylation sites (tertiary alicyclic amines) is 1. The minimum Gasteiger partial charge on any atom is -0.472 e. The van der Waals surface area contributed by atoms with Crippen molar-refractivity contribution in [3.63, 3.8) is 0 Å². The van der Waals surface area contributed by atoms with E-state index in [0.29, 0.717) is 25.5 Å². The lowest BCUT2D eigenvalue weighted by Gasteiger charge is -2.18. The van der Waals surface area contributed by atoms with Crippen molar-refractivity contribution < 1.29 is 13.9 Å². The second-order valence-electron chi connectivity index (χ2n) is 5.88.